The molecule has 0 saturated heterocycles. The molecular weight excluding hydrogens is 241 g/mol. The Balaban J connectivity index is 2.15. The summed E-state index contributed by atoms with van der Waals surface area (Å²) in [4.78, 5) is 0. The number of rotatable bonds is 3. The van der Waals surface area contributed by atoms with Crippen molar-refractivity contribution in [2.24, 2.45) is 0 Å². The molecule has 0 saturated carbocycles. The molecule has 0 spiro atoms. The lowest BCUT2D eigenvalue weighted by Crippen LogP contribution is -2.10. The van der Waals surface area contributed by atoms with Gasteiger partial charge in [0.25, 0.3) is 0 Å². The predicted molar refractivity (Wildman–Crippen MR) is 61.1 cm³/mol. The topological polar surface area (TPSA) is 9.23 Å². The van der Waals surface area contributed by atoms with Crippen molar-refractivity contribution in [3.8, 4) is 5.75 Å². The lowest BCUT2D eigenvalue weighted by atomic mass is 10.1. The van der Waals surface area contributed by atoms with E-state index in [9.17, 15) is 13.2 Å². The maximum absolute atomic E-state index is 12.7. The van der Waals surface area contributed by atoms with Crippen LogP contribution < -0.4 is 4.74 Å². The van der Waals surface area contributed by atoms with E-state index in [0.29, 0.717) is 5.75 Å². The molecule has 0 amide bonds. The highest BCUT2D eigenvalue weighted by molar-refractivity contribution is 5.30. The monoisotopic (exact) mass is 251 g/mol. The van der Waals surface area contributed by atoms with Crippen molar-refractivity contribution in [1.29, 1.82) is 0 Å². The van der Waals surface area contributed by atoms with Crippen LogP contribution in [-0.2, 0) is 12.8 Å². The van der Waals surface area contributed by atoms with Gasteiger partial charge < -0.3 is 4.74 Å². The summed E-state index contributed by atoms with van der Waals surface area (Å²) in [5.41, 5.74) is -0.553. The van der Waals surface area contributed by atoms with E-state index in [0.717, 1.165) is 6.07 Å². The third-order valence-corrected chi connectivity index (χ3v) is 2.39. The Morgan fingerprint density at radius 1 is 1.00 bits per heavy atom. The van der Waals surface area contributed by atoms with Crippen LogP contribution in [0.5, 0.6) is 5.75 Å². The second kappa shape index (κ2) is 5.12. The fourth-order valence-corrected chi connectivity index (χ4v) is 1.54. The highest BCUT2D eigenvalue weighted by Gasteiger charge is 2.32. The number of para-hydroxylation sites is 1. The molecule has 0 aliphatic carbocycles. The molecule has 2 rings (SSSR count). The van der Waals surface area contributed by atoms with Gasteiger partial charge in [-0.25, -0.2) is 0 Å². The molecule has 4 heteroatoms. The van der Waals surface area contributed by atoms with E-state index in [1.54, 1.807) is 30.3 Å². The fourth-order valence-electron chi connectivity index (χ4n) is 1.54. The van der Waals surface area contributed by atoms with Gasteiger partial charge in [0.15, 0.2) is 0 Å². The molecule has 0 N–H and O–H groups in total. The van der Waals surface area contributed by atoms with Gasteiger partial charge in [0.05, 0.1) is 5.56 Å². The van der Waals surface area contributed by atoms with Crippen LogP contribution in [0.2, 0.25) is 0 Å². The smallest absolute Gasteiger partial charge is 0.416 e. The zero-order valence-electron chi connectivity index (χ0n) is 9.37. The number of hydrogen-bond acceptors (Lipinski definition) is 1. The highest BCUT2D eigenvalue weighted by Crippen LogP contribution is 2.32. The van der Waals surface area contributed by atoms with Gasteiger partial charge in [-0.15, -0.1) is 0 Å². The van der Waals surface area contributed by atoms with Crippen LogP contribution in [0.15, 0.2) is 48.5 Å². The molecule has 93 valence electrons. The van der Waals surface area contributed by atoms with Crippen LogP contribution in [0, 0.1) is 6.07 Å². The van der Waals surface area contributed by atoms with Gasteiger partial charge in [-0.2, -0.15) is 13.2 Å². The first-order chi connectivity index (χ1) is 8.57. The lowest BCUT2D eigenvalue weighted by Gasteiger charge is -2.13. The summed E-state index contributed by atoms with van der Waals surface area (Å²) < 4.78 is 43.4. The average Bonchev–Trinajstić information content (AvgIpc) is 2.37. The summed E-state index contributed by atoms with van der Waals surface area (Å²) in [6.45, 7) is -0.129. The Morgan fingerprint density at radius 2 is 1.72 bits per heavy atom. The van der Waals surface area contributed by atoms with Crippen LogP contribution in [-0.4, -0.2) is 0 Å². The van der Waals surface area contributed by atoms with E-state index in [4.69, 9.17) is 4.74 Å². The number of halogens is 3. The molecule has 2 aromatic rings. The summed E-state index contributed by atoms with van der Waals surface area (Å²) in [7, 11) is 0. The molecule has 18 heavy (non-hydrogen) atoms. The Hall–Kier alpha value is -1.97. The van der Waals surface area contributed by atoms with Crippen molar-refractivity contribution < 1.29 is 17.9 Å². The standard InChI is InChI=1S/C14H10F3O/c15-14(16,17)13-9-5-4-6-11(13)10-18-12-7-2-1-3-8-12/h1-7,9H,10H2. The lowest BCUT2D eigenvalue weighted by molar-refractivity contribution is -0.138. The van der Waals surface area contributed by atoms with Gasteiger partial charge in [0, 0.05) is 11.6 Å². The maximum atomic E-state index is 12.7. The molecule has 0 fully saturated rings. The molecule has 1 nitrogen and oxygen atoms in total. The maximum Gasteiger partial charge on any atom is 0.416 e. The first kappa shape index (κ1) is 12.5. The molecule has 0 unspecified atom stereocenters. The predicted octanol–water partition coefficient (Wildman–Crippen LogP) is 4.08. The Kier molecular flexibility index (Phi) is 3.55. The second-order valence-corrected chi connectivity index (χ2v) is 3.67. The number of benzene rings is 2. The van der Waals surface area contributed by atoms with Crippen molar-refractivity contribution in [1.82, 2.24) is 0 Å². The van der Waals surface area contributed by atoms with Gasteiger partial charge in [-0.05, 0) is 12.1 Å². The third-order valence-electron chi connectivity index (χ3n) is 2.39. The van der Waals surface area contributed by atoms with Crippen LogP contribution >= 0.6 is 0 Å². The third kappa shape index (κ3) is 3.03. The molecule has 1 radical (unpaired) electrons. The number of alkyl halides is 3. The zero-order chi connectivity index (χ0) is 13.0. The van der Waals surface area contributed by atoms with Gasteiger partial charge in [0.2, 0.25) is 0 Å². The van der Waals surface area contributed by atoms with E-state index >= 15 is 0 Å². The van der Waals surface area contributed by atoms with Crippen molar-refractivity contribution in [3.63, 3.8) is 0 Å². The Morgan fingerprint density at radius 3 is 2.39 bits per heavy atom. The summed E-state index contributed by atoms with van der Waals surface area (Å²) in [5, 5.41) is 0. The molecule has 0 aliphatic rings. The van der Waals surface area contributed by atoms with E-state index in [1.165, 1.54) is 12.1 Å². The van der Waals surface area contributed by atoms with E-state index in [2.05, 4.69) is 6.07 Å². The first-order valence-electron chi connectivity index (χ1n) is 5.32. The van der Waals surface area contributed by atoms with Crippen LogP contribution in [0.1, 0.15) is 11.1 Å². The molecule has 0 bridgehead atoms. The number of ether oxygens (including phenoxy) is 1. The normalized spacial score (nSPS) is 11.3. The quantitative estimate of drug-likeness (QED) is 0.798. The molecule has 0 aromatic heterocycles. The van der Waals surface area contributed by atoms with Crippen molar-refractivity contribution in [2.75, 3.05) is 0 Å². The van der Waals surface area contributed by atoms with Crippen molar-refractivity contribution in [3.05, 3.63) is 65.7 Å². The molecule has 2 aromatic carbocycles. The zero-order valence-corrected chi connectivity index (χ0v) is 9.37. The largest absolute Gasteiger partial charge is 0.488 e. The first-order valence-corrected chi connectivity index (χ1v) is 5.32. The molecular formula is C14H10F3O. The van der Waals surface area contributed by atoms with Crippen LogP contribution in [0.25, 0.3) is 0 Å². The summed E-state index contributed by atoms with van der Waals surface area (Å²) in [6, 6.07) is 15.0. The van der Waals surface area contributed by atoms with Gasteiger partial charge in [-0.3, -0.25) is 0 Å². The van der Waals surface area contributed by atoms with E-state index in [-0.39, 0.29) is 12.2 Å². The summed E-state index contributed by atoms with van der Waals surface area (Å²) >= 11 is 0. The van der Waals surface area contributed by atoms with Gasteiger partial charge in [-0.1, -0.05) is 36.4 Å². The molecule has 0 aliphatic heterocycles. The average molecular weight is 251 g/mol. The number of hydrogen-bond donors (Lipinski definition) is 0. The van der Waals surface area contributed by atoms with E-state index < -0.39 is 11.7 Å². The van der Waals surface area contributed by atoms with Crippen LogP contribution in [0.4, 0.5) is 13.2 Å². The van der Waals surface area contributed by atoms with Gasteiger partial charge >= 0.3 is 6.18 Å². The summed E-state index contributed by atoms with van der Waals surface area (Å²) in [5.74, 6) is 0.425. The Bertz CT molecular complexity index is 506. The van der Waals surface area contributed by atoms with Crippen LogP contribution in [0.3, 0.4) is 0 Å². The highest BCUT2D eigenvalue weighted by atomic mass is 19.4. The fraction of sp³-hybridized carbons (Fsp3) is 0.143. The van der Waals surface area contributed by atoms with E-state index in [1.807, 2.05) is 0 Å². The van der Waals surface area contributed by atoms with Crippen molar-refractivity contribution in [2.45, 2.75) is 12.8 Å². The van der Waals surface area contributed by atoms with Gasteiger partial charge in [0.1, 0.15) is 12.4 Å². The minimum atomic E-state index is -4.36. The summed E-state index contributed by atoms with van der Waals surface area (Å²) in [6.07, 6.45) is -4.36. The SMILES string of the molecule is FC(F)(F)c1ccccc1COc1[c]cccc1. The Labute approximate surface area is 103 Å². The second-order valence-electron chi connectivity index (χ2n) is 3.67. The minimum Gasteiger partial charge on any atom is -0.488 e. The molecule has 0 atom stereocenters. The van der Waals surface area contributed by atoms with Crippen molar-refractivity contribution >= 4 is 0 Å². The molecule has 0 heterocycles. The minimum absolute atomic E-state index is 0.113.